The molecule has 152 valence electrons. The molecule has 0 amide bonds. The lowest BCUT2D eigenvalue weighted by atomic mass is 10.2. The third-order valence-corrected chi connectivity index (χ3v) is 5.73. The topological polar surface area (TPSA) is 75.1 Å². The van der Waals surface area contributed by atoms with E-state index in [-0.39, 0.29) is 11.6 Å². The Morgan fingerprint density at radius 1 is 1.14 bits per heavy atom. The number of halogens is 1. The summed E-state index contributed by atoms with van der Waals surface area (Å²) in [5.41, 5.74) is 3.51. The van der Waals surface area contributed by atoms with Crippen molar-refractivity contribution >= 4 is 44.3 Å². The van der Waals surface area contributed by atoms with Gasteiger partial charge in [0.05, 0.1) is 10.2 Å². The first kappa shape index (κ1) is 19.8. The predicted molar refractivity (Wildman–Crippen MR) is 121 cm³/mol. The summed E-state index contributed by atoms with van der Waals surface area (Å²) in [6.45, 7) is 9.95. The highest BCUT2D eigenvalue weighted by Gasteiger charge is 2.15. The number of nitrogens with one attached hydrogen (secondary N) is 2. The van der Waals surface area contributed by atoms with Crippen LogP contribution in [-0.4, -0.2) is 40.7 Å². The molecule has 0 aliphatic carbocycles. The Morgan fingerprint density at radius 2 is 1.83 bits per heavy atom. The Hall–Kier alpha value is -2.45. The lowest BCUT2D eigenvalue weighted by Gasteiger charge is -2.29. The molecule has 3 heterocycles. The van der Waals surface area contributed by atoms with Crippen molar-refractivity contribution in [3.8, 4) is 0 Å². The molecule has 0 bridgehead atoms. The smallest absolute Gasteiger partial charge is 0.266 e. The van der Waals surface area contributed by atoms with E-state index in [1.807, 2.05) is 32.9 Å². The van der Waals surface area contributed by atoms with Crippen molar-refractivity contribution < 1.29 is 0 Å². The summed E-state index contributed by atoms with van der Waals surface area (Å²) in [6.07, 6.45) is 0. The number of fused-ring (bicyclic) bond motifs is 1. The predicted octanol–water partition coefficient (Wildman–Crippen LogP) is 3.60. The Labute approximate surface area is 178 Å². The second kappa shape index (κ2) is 8.12. The van der Waals surface area contributed by atoms with Crippen LogP contribution in [0.1, 0.15) is 25.6 Å². The number of benzene rings is 1. The molecule has 1 fully saturated rings. The Balaban J connectivity index is 1.67. The molecule has 0 unspecified atom stereocenters. The molecule has 0 spiro atoms. The summed E-state index contributed by atoms with van der Waals surface area (Å²) in [4.78, 5) is 24.3. The fourth-order valence-corrected chi connectivity index (χ4v) is 4.08. The monoisotopic (exact) mass is 456 g/mol. The molecule has 1 saturated heterocycles. The highest BCUT2D eigenvalue weighted by molar-refractivity contribution is 9.10. The number of rotatable bonds is 4. The largest absolute Gasteiger partial charge is 0.369 e. The molecular weight excluding hydrogens is 432 g/mol. The van der Waals surface area contributed by atoms with Crippen LogP contribution in [0.25, 0.3) is 11.0 Å². The number of nitrogens with zero attached hydrogens (tertiary/aromatic N) is 4. The van der Waals surface area contributed by atoms with Crippen molar-refractivity contribution in [2.24, 2.45) is 0 Å². The van der Waals surface area contributed by atoms with Crippen LogP contribution in [0, 0.1) is 6.92 Å². The first-order valence-electron chi connectivity index (χ1n) is 9.86. The van der Waals surface area contributed by atoms with Gasteiger partial charge >= 0.3 is 0 Å². The zero-order valence-electron chi connectivity index (χ0n) is 16.9. The highest BCUT2D eigenvalue weighted by Crippen LogP contribution is 2.24. The molecule has 4 rings (SSSR count). The van der Waals surface area contributed by atoms with E-state index in [0.29, 0.717) is 16.1 Å². The Kier molecular flexibility index (Phi) is 5.56. The SMILES string of the molecule is Cc1nc(Nc2ccc(N3CCNCC3)cc2)nc2c1cc(Br)c(=O)n2C(C)C. The zero-order valence-corrected chi connectivity index (χ0v) is 18.5. The van der Waals surface area contributed by atoms with Crippen LogP contribution in [0.2, 0.25) is 0 Å². The minimum absolute atomic E-state index is 0.0111. The molecular formula is C21H25BrN6O. The van der Waals surface area contributed by atoms with Crippen molar-refractivity contribution in [2.45, 2.75) is 26.8 Å². The van der Waals surface area contributed by atoms with Crippen LogP contribution in [-0.2, 0) is 0 Å². The summed E-state index contributed by atoms with van der Waals surface area (Å²) < 4.78 is 2.22. The van der Waals surface area contributed by atoms with E-state index >= 15 is 0 Å². The lowest BCUT2D eigenvalue weighted by Crippen LogP contribution is -2.43. The van der Waals surface area contributed by atoms with Gasteiger partial charge in [0, 0.05) is 49.0 Å². The number of anilines is 3. The van der Waals surface area contributed by atoms with Crippen molar-refractivity contribution in [3.63, 3.8) is 0 Å². The van der Waals surface area contributed by atoms with Gasteiger partial charge in [-0.25, -0.2) is 4.98 Å². The number of hydrogen-bond donors (Lipinski definition) is 2. The maximum Gasteiger partial charge on any atom is 0.266 e. The van der Waals surface area contributed by atoms with Gasteiger partial charge in [0.2, 0.25) is 5.95 Å². The molecule has 7 nitrogen and oxygen atoms in total. The third kappa shape index (κ3) is 4.00. The van der Waals surface area contributed by atoms with Crippen molar-refractivity contribution in [3.05, 3.63) is 50.9 Å². The van der Waals surface area contributed by atoms with Crippen molar-refractivity contribution in [1.29, 1.82) is 0 Å². The second-order valence-electron chi connectivity index (χ2n) is 7.54. The molecule has 2 N–H and O–H groups in total. The Bertz CT molecular complexity index is 1090. The van der Waals surface area contributed by atoms with Gasteiger partial charge < -0.3 is 15.5 Å². The fourth-order valence-electron chi connectivity index (χ4n) is 3.66. The molecule has 0 atom stereocenters. The van der Waals surface area contributed by atoms with Crippen LogP contribution >= 0.6 is 15.9 Å². The number of hydrogen-bond acceptors (Lipinski definition) is 6. The quantitative estimate of drug-likeness (QED) is 0.624. The van der Waals surface area contributed by atoms with Gasteiger partial charge in [-0.05, 0) is 67.0 Å². The van der Waals surface area contributed by atoms with E-state index in [9.17, 15) is 4.79 Å². The standard InChI is InChI=1S/C21H25BrN6O/c1-13(2)28-19-17(12-18(22)20(28)29)14(3)24-21(26-19)25-15-4-6-16(7-5-15)27-10-8-23-9-11-27/h4-7,12-13,23H,8-11H2,1-3H3,(H,24,25,26). The van der Waals surface area contributed by atoms with E-state index in [2.05, 4.69) is 53.6 Å². The summed E-state index contributed by atoms with van der Waals surface area (Å²) >= 11 is 3.37. The molecule has 0 saturated carbocycles. The van der Waals surface area contributed by atoms with E-state index in [0.717, 1.165) is 42.9 Å². The van der Waals surface area contributed by atoms with E-state index < -0.39 is 0 Å². The molecule has 1 aliphatic heterocycles. The van der Waals surface area contributed by atoms with Gasteiger partial charge in [-0.1, -0.05) is 0 Å². The van der Waals surface area contributed by atoms with Gasteiger partial charge in [0.25, 0.3) is 5.56 Å². The number of pyridine rings is 1. The molecule has 3 aromatic rings. The van der Waals surface area contributed by atoms with Crippen molar-refractivity contribution in [2.75, 3.05) is 36.4 Å². The first-order chi connectivity index (χ1) is 13.9. The van der Waals surface area contributed by atoms with Crippen LogP contribution in [0.4, 0.5) is 17.3 Å². The van der Waals surface area contributed by atoms with E-state index in [1.54, 1.807) is 10.6 Å². The third-order valence-electron chi connectivity index (χ3n) is 5.16. The average Bonchev–Trinajstić information content (AvgIpc) is 2.71. The van der Waals surface area contributed by atoms with Crippen LogP contribution in [0.3, 0.4) is 0 Å². The summed E-state index contributed by atoms with van der Waals surface area (Å²) in [5.74, 6) is 0.487. The average molecular weight is 457 g/mol. The number of aryl methyl sites for hydroxylation is 1. The van der Waals surface area contributed by atoms with Crippen LogP contribution in [0.5, 0.6) is 0 Å². The van der Waals surface area contributed by atoms with Crippen molar-refractivity contribution in [1.82, 2.24) is 19.9 Å². The van der Waals surface area contributed by atoms with E-state index in [1.165, 1.54) is 5.69 Å². The molecule has 8 heteroatoms. The van der Waals surface area contributed by atoms with Gasteiger partial charge in [-0.15, -0.1) is 0 Å². The molecule has 2 aromatic heterocycles. The summed E-state index contributed by atoms with van der Waals surface area (Å²) in [5, 5.41) is 7.52. The number of piperazine rings is 1. The maximum atomic E-state index is 12.6. The second-order valence-corrected chi connectivity index (χ2v) is 8.39. The number of aromatic nitrogens is 3. The van der Waals surface area contributed by atoms with Gasteiger partial charge in [0.1, 0.15) is 5.65 Å². The molecule has 1 aromatic carbocycles. The fraction of sp³-hybridized carbons (Fsp3) is 0.381. The normalized spacial score (nSPS) is 14.6. The zero-order chi connectivity index (χ0) is 20.5. The van der Waals surface area contributed by atoms with Gasteiger partial charge in [-0.3, -0.25) is 9.36 Å². The van der Waals surface area contributed by atoms with E-state index in [4.69, 9.17) is 0 Å². The Morgan fingerprint density at radius 3 is 2.48 bits per heavy atom. The summed E-state index contributed by atoms with van der Waals surface area (Å²) in [6, 6.07) is 10.1. The maximum absolute atomic E-state index is 12.6. The van der Waals surface area contributed by atoms with Gasteiger partial charge in [-0.2, -0.15) is 4.98 Å². The van der Waals surface area contributed by atoms with Crippen LogP contribution in [0.15, 0.2) is 39.6 Å². The van der Waals surface area contributed by atoms with Gasteiger partial charge in [0.15, 0.2) is 0 Å². The minimum Gasteiger partial charge on any atom is -0.369 e. The molecule has 0 radical (unpaired) electrons. The molecule has 29 heavy (non-hydrogen) atoms. The van der Waals surface area contributed by atoms with Crippen LogP contribution < -0.4 is 21.1 Å². The highest BCUT2D eigenvalue weighted by atomic mass is 79.9. The molecule has 1 aliphatic rings. The summed E-state index contributed by atoms with van der Waals surface area (Å²) in [7, 11) is 0. The minimum atomic E-state index is -0.0862. The lowest BCUT2D eigenvalue weighted by molar-refractivity contribution is 0.589. The first-order valence-corrected chi connectivity index (χ1v) is 10.7.